The maximum absolute atomic E-state index is 12.5. The molecule has 0 aliphatic carbocycles. The molecule has 1 unspecified atom stereocenters. The third-order valence-electron chi connectivity index (χ3n) is 4.19. The van der Waals surface area contributed by atoms with Crippen LogP contribution in [0.25, 0.3) is 0 Å². The predicted molar refractivity (Wildman–Crippen MR) is 95.5 cm³/mol. The van der Waals surface area contributed by atoms with Crippen molar-refractivity contribution in [2.45, 2.75) is 25.9 Å². The maximum atomic E-state index is 12.5. The van der Waals surface area contributed by atoms with Crippen LogP contribution < -0.4 is 14.2 Å². The second-order valence-corrected chi connectivity index (χ2v) is 6.10. The first-order chi connectivity index (χ1) is 12.7. The van der Waals surface area contributed by atoms with E-state index in [-0.39, 0.29) is 18.6 Å². The molecule has 1 aromatic heterocycles. The third kappa shape index (κ3) is 4.62. The number of likely N-dealkylation sites (tertiary alicyclic amines) is 1. The summed E-state index contributed by atoms with van der Waals surface area (Å²) in [6.07, 6.45) is 3.37. The van der Waals surface area contributed by atoms with Gasteiger partial charge in [0.25, 0.3) is 5.91 Å². The Morgan fingerprint density at radius 2 is 2.08 bits per heavy atom. The number of methoxy groups -OCH3 is 1. The monoisotopic (exact) mass is 357 g/mol. The fourth-order valence-electron chi connectivity index (χ4n) is 2.90. The van der Waals surface area contributed by atoms with Crippen LogP contribution in [0.1, 0.15) is 18.7 Å². The third-order valence-corrected chi connectivity index (χ3v) is 4.19. The van der Waals surface area contributed by atoms with Crippen molar-refractivity contribution in [1.29, 1.82) is 0 Å². The van der Waals surface area contributed by atoms with Crippen LogP contribution in [0.2, 0.25) is 0 Å². The number of hydrogen-bond acceptors (Lipinski definition) is 6. The first-order valence-electron chi connectivity index (χ1n) is 8.65. The van der Waals surface area contributed by atoms with Gasteiger partial charge < -0.3 is 19.1 Å². The van der Waals surface area contributed by atoms with Crippen molar-refractivity contribution in [3.63, 3.8) is 0 Å². The van der Waals surface area contributed by atoms with Crippen LogP contribution in [-0.4, -0.2) is 53.7 Å². The summed E-state index contributed by atoms with van der Waals surface area (Å²) in [5.41, 5.74) is 0. The summed E-state index contributed by atoms with van der Waals surface area (Å²) >= 11 is 0. The van der Waals surface area contributed by atoms with E-state index in [1.807, 2.05) is 19.1 Å². The van der Waals surface area contributed by atoms with Crippen LogP contribution in [0.4, 0.5) is 0 Å². The molecule has 138 valence electrons. The number of hydrogen-bond donors (Lipinski definition) is 0. The van der Waals surface area contributed by atoms with Gasteiger partial charge in [-0.05, 0) is 31.9 Å². The van der Waals surface area contributed by atoms with Gasteiger partial charge in [0.1, 0.15) is 11.9 Å². The van der Waals surface area contributed by atoms with Gasteiger partial charge in [-0.25, -0.2) is 4.98 Å². The molecule has 0 radical (unpaired) electrons. The quantitative estimate of drug-likeness (QED) is 0.789. The number of carbonyl (C=O) groups is 1. The van der Waals surface area contributed by atoms with E-state index >= 15 is 0 Å². The first-order valence-corrected chi connectivity index (χ1v) is 8.65. The minimum absolute atomic E-state index is 0.0281. The summed E-state index contributed by atoms with van der Waals surface area (Å²) in [6.45, 7) is 3.02. The number of ether oxygens (including phenoxy) is 3. The summed E-state index contributed by atoms with van der Waals surface area (Å²) in [7, 11) is 1.57. The van der Waals surface area contributed by atoms with Gasteiger partial charge in [-0.3, -0.25) is 4.79 Å². The molecule has 0 saturated carbocycles. The average molecular weight is 357 g/mol. The molecule has 0 N–H and O–H groups in total. The Kier molecular flexibility index (Phi) is 5.88. The molecular formula is C19H23N3O4. The smallest absolute Gasteiger partial charge is 0.260 e. The normalized spacial score (nSPS) is 16.8. The molecule has 1 amide bonds. The van der Waals surface area contributed by atoms with E-state index in [0.29, 0.717) is 36.3 Å². The molecule has 2 heterocycles. The van der Waals surface area contributed by atoms with Crippen LogP contribution in [0.15, 0.2) is 36.5 Å². The highest BCUT2D eigenvalue weighted by Crippen LogP contribution is 2.26. The van der Waals surface area contributed by atoms with Gasteiger partial charge in [-0.1, -0.05) is 12.1 Å². The zero-order valence-corrected chi connectivity index (χ0v) is 15.1. The zero-order valence-electron chi connectivity index (χ0n) is 15.1. The summed E-state index contributed by atoms with van der Waals surface area (Å²) in [6, 6.07) is 9.02. The average Bonchev–Trinajstić information content (AvgIpc) is 2.66. The molecule has 1 atom stereocenters. The van der Waals surface area contributed by atoms with E-state index < -0.39 is 0 Å². The minimum atomic E-state index is -0.0757. The number of para-hydroxylation sites is 2. The van der Waals surface area contributed by atoms with Crippen LogP contribution in [-0.2, 0) is 4.79 Å². The van der Waals surface area contributed by atoms with Crippen molar-refractivity contribution in [2.24, 2.45) is 0 Å². The van der Waals surface area contributed by atoms with E-state index in [0.717, 1.165) is 12.8 Å². The zero-order chi connectivity index (χ0) is 18.4. The summed E-state index contributed by atoms with van der Waals surface area (Å²) < 4.78 is 16.8. The van der Waals surface area contributed by atoms with Crippen molar-refractivity contribution in [2.75, 3.05) is 26.8 Å². The molecular weight excluding hydrogens is 334 g/mol. The standard InChI is InChI=1S/C19H23N3O4/c1-14-20-10-9-18(21-14)26-15-6-5-11-22(12-15)19(23)13-25-17-8-4-3-7-16(17)24-2/h3-4,7-10,15H,5-6,11-13H2,1-2H3. The van der Waals surface area contributed by atoms with Gasteiger partial charge in [-0.15, -0.1) is 0 Å². The number of amides is 1. The number of piperidine rings is 1. The van der Waals surface area contributed by atoms with Gasteiger partial charge in [0, 0.05) is 18.8 Å². The number of nitrogens with zero attached hydrogens (tertiary/aromatic N) is 3. The second kappa shape index (κ2) is 8.51. The fraction of sp³-hybridized carbons (Fsp3) is 0.421. The topological polar surface area (TPSA) is 73.8 Å². The Balaban J connectivity index is 1.54. The van der Waals surface area contributed by atoms with E-state index in [9.17, 15) is 4.79 Å². The first kappa shape index (κ1) is 18.0. The summed E-state index contributed by atoms with van der Waals surface area (Å²) in [5.74, 6) is 2.31. The molecule has 1 aromatic carbocycles. The maximum Gasteiger partial charge on any atom is 0.260 e. The van der Waals surface area contributed by atoms with Crippen LogP contribution in [0, 0.1) is 6.92 Å². The van der Waals surface area contributed by atoms with Gasteiger partial charge in [0.2, 0.25) is 5.88 Å². The lowest BCUT2D eigenvalue weighted by Crippen LogP contribution is -2.46. The number of benzene rings is 1. The van der Waals surface area contributed by atoms with Gasteiger partial charge >= 0.3 is 0 Å². The van der Waals surface area contributed by atoms with E-state index in [1.54, 1.807) is 36.4 Å². The second-order valence-electron chi connectivity index (χ2n) is 6.10. The molecule has 1 fully saturated rings. The highest BCUT2D eigenvalue weighted by molar-refractivity contribution is 5.78. The lowest BCUT2D eigenvalue weighted by atomic mass is 10.1. The number of carbonyl (C=O) groups excluding carboxylic acids is 1. The minimum Gasteiger partial charge on any atom is -0.493 e. The largest absolute Gasteiger partial charge is 0.493 e. The Morgan fingerprint density at radius 3 is 2.85 bits per heavy atom. The SMILES string of the molecule is COc1ccccc1OCC(=O)N1CCCC(Oc2ccnc(C)n2)C1. The Hall–Kier alpha value is -2.83. The van der Waals surface area contributed by atoms with Crippen LogP contribution >= 0.6 is 0 Å². The molecule has 1 aliphatic rings. The van der Waals surface area contributed by atoms with Gasteiger partial charge in [-0.2, -0.15) is 4.98 Å². The molecule has 1 aliphatic heterocycles. The molecule has 1 saturated heterocycles. The van der Waals surface area contributed by atoms with Gasteiger partial charge in [0.05, 0.1) is 13.7 Å². The Morgan fingerprint density at radius 1 is 1.27 bits per heavy atom. The Labute approximate surface area is 152 Å². The molecule has 26 heavy (non-hydrogen) atoms. The molecule has 2 aromatic rings. The number of aryl methyl sites for hydroxylation is 1. The van der Waals surface area contributed by atoms with E-state index in [4.69, 9.17) is 14.2 Å². The molecule has 0 spiro atoms. The summed E-state index contributed by atoms with van der Waals surface area (Å²) in [4.78, 5) is 22.6. The fourth-order valence-corrected chi connectivity index (χ4v) is 2.90. The van der Waals surface area contributed by atoms with Crippen molar-refractivity contribution in [3.8, 4) is 17.4 Å². The summed E-state index contributed by atoms with van der Waals surface area (Å²) in [5, 5.41) is 0. The lowest BCUT2D eigenvalue weighted by molar-refractivity contribution is -0.136. The molecule has 7 heteroatoms. The lowest BCUT2D eigenvalue weighted by Gasteiger charge is -2.32. The van der Waals surface area contributed by atoms with Crippen LogP contribution in [0.3, 0.4) is 0 Å². The predicted octanol–water partition coefficient (Wildman–Crippen LogP) is 2.24. The Bertz CT molecular complexity index is 753. The van der Waals surface area contributed by atoms with E-state index in [2.05, 4.69) is 9.97 Å². The highest BCUT2D eigenvalue weighted by atomic mass is 16.5. The van der Waals surface area contributed by atoms with Crippen LogP contribution in [0.5, 0.6) is 17.4 Å². The number of rotatable bonds is 6. The molecule has 0 bridgehead atoms. The molecule has 3 rings (SSSR count). The van der Waals surface area contributed by atoms with Crippen molar-refractivity contribution in [1.82, 2.24) is 14.9 Å². The van der Waals surface area contributed by atoms with E-state index in [1.165, 1.54) is 0 Å². The van der Waals surface area contributed by atoms with Crippen molar-refractivity contribution in [3.05, 3.63) is 42.4 Å². The number of aromatic nitrogens is 2. The molecule has 7 nitrogen and oxygen atoms in total. The highest BCUT2D eigenvalue weighted by Gasteiger charge is 2.25. The van der Waals surface area contributed by atoms with Crippen molar-refractivity contribution >= 4 is 5.91 Å². The van der Waals surface area contributed by atoms with Gasteiger partial charge in [0.15, 0.2) is 18.1 Å². The van der Waals surface area contributed by atoms with Crippen molar-refractivity contribution < 1.29 is 19.0 Å².